The average molecular weight is 388 g/mol. The number of hydrogen-bond acceptors (Lipinski definition) is 4. The first-order chi connectivity index (χ1) is 13.7. The Labute approximate surface area is 169 Å². The summed E-state index contributed by atoms with van der Waals surface area (Å²) < 4.78 is 10.7. The highest BCUT2D eigenvalue weighted by Crippen LogP contribution is 2.45. The smallest absolute Gasteiger partial charge is 0.150 e. The van der Waals surface area contributed by atoms with Gasteiger partial charge in [0.25, 0.3) is 0 Å². The van der Waals surface area contributed by atoms with Crippen LogP contribution in [0.5, 0.6) is 11.5 Å². The topological polar surface area (TPSA) is 35.5 Å². The minimum absolute atomic E-state index is 0.673. The van der Waals surface area contributed by atoms with Gasteiger partial charge >= 0.3 is 0 Å². The van der Waals surface area contributed by atoms with Gasteiger partial charge in [0.05, 0.1) is 14.2 Å². The van der Waals surface area contributed by atoms with Gasteiger partial charge in [-0.3, -0.25) is 4.79 Å². The fourth-order valence-corrected chi connectivity index (χ4v) is 4.59. The lowest BCUT2D eigenvalue weighted by atomic mass is 9.89. The molecule has 3 nitrogen and oxygen atoms in total. The van der Waals surface area contributed by atoms with Gasteiger partial charge in [-0.2, -0.15) is 0 Å². The quantitative estimate of drug-likeness (QED) is 0.535. The van der Waals surface area contributed by atoms with E-state index in [0.29, 0.717) is 5.56 Å². The van der Waals surface area contributed by atoms with Crippen LogP contribution in [0.3, 0.4) is 0 Å². The molecule has 0 saturated carbocycles. The Bertz CT molecular complexity index is 1050. The van der Waals surface area contributed by atoms with E-state index in [4.69, 9.17) is 9.47 Å². The lowest BCUT2D eigenvalue weighted by molar-refractivity contribution is 0.112. The van der Waals surface area contributed by atoms with E-state index in [0.717, 1.165) is 45.8 Å². The van der Waals surface area contributed by atoms with Crippen LogP contribution in [-0.4, -0.2) is 26.3 Å². The predicted octanol–water partition coefficient (Wildman–Crippen LogP) is 5.58. The molecule has 0 aromatic heterocycles. The van der Waals surface area contributed by atoms with Gasteiger partial charge in [-0.15, -0.1) is 11.8 Å². The van der Waals surface area contributed by atoms with Crippen molar-refractivity contribution in [3.05, 3.63) is 89.0 Å². The number of rotatable bonds is 5. The number of benzene rings is 3. The maximum absolute atomic E-state index is 11.3. The van der Waals surface area contributed by atoms with Gasteiger partial charge in [-0.25, -0.2) is 0 Å². The molecule has 0 aliphatic carbocycles. The molecule has 0 radical (unpaired) electrons. The number of carbonyl (C=O) groups is 1. The Morgan fingerprint density at radius 3 is 2.32 bits per heavy atom. The van der Waals surface area contributed by atoms with Crippen molar-refractivity contribution in [2.45, 2.75) is 4.90 Å². The van der Waals surface area contributed by atoms with Crippen LogP contribution in [0.1, 0.15) is 27.0 Å². The highest BCUT2D eigenvalue weighted by atomic mass is 32.2. The van der Waals surface area contributed by atoms with Gasteiger partial charge in [0, 0.05) is 16.2 Å². The van der Waals surface area contributed by atoms with Crippen molar-refractivity contribution < 1.29 is 14.3 Å². The second-order valence-electron chi connectivity index (χ2n) is 6.48. The molecule has 1 aliphatic heterocycles. The van der Waals surface area contributed by atoms with E-state index in [9.17, 15) is 4.79 Å². The van der Waals surface area contributed by atoms with E-state index in [-0.39, 0.29) is 0 Å². The van der Waals surface area contributed by atoms with Crippen molar-refractivity contribution in [2.75, 3.05) is 20.0 Å². The minimum Gasteiger partial charge on any atom is -0.497 e. The summed E-state index contributed by atoms with van der Waals surface area (Å²) >= 11 is 1.80. The Kier molecular flexibility index (Phi) is 5.22. The lowest BCUT2D eigenvalue weighted by Gasteiger charge is -2.24. The van der Waals surface area contributed by atoms with Gasteiger partial charge in [-0.05, 0) is 64.2 Å². The number of carbonyl (C=O) groups excluding carboxylic acids is 1. The van der Waals surface area contributed by atoms with Gasteiger partial charge < -0.3 is 9.47 Å². The highest BCUT2D eigenvalue weighted by Gasteiger charge is 2.23. The van der Waals surface area contributed by atoms with E-state index in [1.165, 1.54) is 10.5 Å². The minimum atomic E-state index is 0.673. The first-order valence-corrected chi connectivity index (χ1v) is 9.96. The fourth-order valence-electron chi connectivity index (χ4n) is 3.46. The molecule has 28 heavy (non-hydrogen) atoms. The van der Waals surface area contributed by atoms with Crippen molar-refractivity contribution >= 4 is 29.2 Å². The molecular weight excluding hydrogens is 368 g/mol. The van der Waals surface area contributed by atoms with Crippen LogP contribution in [0.25, 0.3) is 11.1 Å². The van der Waals surface area contributed by atoms with Crippen LogP contribution >= 0.6 is 11.8 Å². The molecule has 0 spiro atoms. The normalized spacial score (nSPS) is 13.1. The molecule has 1 aliphatic rings. The van der Waals surface area contributed by atoms with Gasteiger partial charge in [0.2, 0.25) is 0 Å². The summed E-state index contributed by atoms with van der Waals surface area (Å²) in [4.78, 5) is 12.5. The fraction of sp³-hybridized carbons (Fsp3) is 0.125. The number of thioether (sulfide) groups is 1. The van der Waals surface area contributed by atoms with Gasteiger partial charge in [-0.1, -0.05) is 30.3 Å². The SMILES string of the molecule is COc1ccc(C2=C(c3cccc(C=O)c3)c3ccc(OC)cc3SC2)cc1. The van der Waals surface area contributed by atoms with Crippen LogP contribution < -0.4 is 9.47 Å². The van der Waals surface area contributed by atoms with Crippen LogP contribution in [0, 0.1) is 0 Å². The van der Waals surface area contributed by atoms with Crippen LogP contribution in [0.2, 0.25) is 0 Å². The Morgan fingerprint density at radius 2 is 1.61 bits per heavy atom. The van der Waals surface area contributed by atoms with Crippen LogP contribution in [0.4, 0.5) is 0 Å². The third kappa shape index (κ3) is 3.43. The lowest BCUT2D eigenvalue weighted by Crippen LogP contribution is -2.04. The van der Waals surface area contributed by atoms with E-state index in [1.807, 2.05) is 36.4 Å². The molecule has 0 unspecified atom stereocenters. The van der Waals surface area contributed by atoms with Crippen LogP contribution in [0.15, 0.2) is 71.6 Å². The summed E-state index contributed by atoms with van der Waals surface area (Å²) in [5.74, 6) is 2.52. The number of methoxy groups -OCH3 is 2. The molecule has 0 atom stereocenters. The summed E-state index contributed by atoms with van der Waals surface area (Å²) in [6, 6.07) is 22.1. The molecule has 3 aromatic carbocycles. The van der Waals surface area contributed by atoms with Crippen molar-refractivity contribution in [3.63, 3.8) is 0 Å². The molecule has 4 heteroatoms. The monoisotopic (exact) mass is 388 g/mol. The molecule has 140 valence electrons. The summed E-state index contributed by atoms with van der Waals surface area (Å²) in [5.41, 5.74) is 6.43. The van der Waals surface area contributed by atoms with E-state index >= 15 is 0 Å². The number of aldehydes is 1. The first-order valence-electron chi connectivity index (χ1n) is 8.98. The van der Waals surface area contributed by atoms with E-state index in [2.05, 4.69) is 30.3 Å². The van der Waals surface area contributed by atoms with Crippen molar-refractivity contribution in [2.24, 2.45) is 0 Å². The average Bonchev–Trinajstić information content (AvgIpc) is 2.78. The highest BCUT2D eigenvalue weighted by molar-refractivity contribution is 7.99. The number of fused-ring (bicyclic) bond motifs is 1. The Hall–Kier alpha value is -2.98. The van der Waals surface area contributed by atoms with Gasteiger partial charge in [0.1, 0.15) is 17.8 Å². The zero-order valence-corrected chi connectivity index (χ0v) is 16.6. The molecule has 0 amide bonds. The largest absolute Gasteiger partial charge is 0.497 e. The van der Waals surface area contributed by atoms with E-state index in [1.54, 1.807) is 26.0 Å². The zero-order chi connectivity index (χ0) is 19.5. The second kappa shape index (κ2) is 7.95. The first kappa shape index (κ1) is 18.4. The Morgan fingerprint density at radius 1 is 0.857 bits per heavy atom. The summed E-state index contributed by atoms with van der Waals surface area (Å²) in [6.45, 7) is 0. The number of hydrogen-bond donors (Lipinski definition) is 0. The molecule has 0 bridgehead atoms. The second-order valence-corrected chi connectivity index (χ2v) is 7.49. The standard InChI is InChI=1S/C24H20O3S/c1-26-19-8-6-17(7-9-19)22-15-28-23-13-20(27-2)10-11-21(23)24(22)18-5-3-4-16(12-18)14-25/h3-14H,15H2,1-2H3. The third-order valence-corrected chi connectivity index (χ3v) is 5.96. The molecule has 1 heterocycles. The molecule has 4 rings (SSSR count). The summed E-state index contributed by atoms with van der Waals surface area (Å²) in [7, 11) is 3.35. The number of ether oxygens (including phenoxy) is 2. The molecular formula is C24H20O3S. The molecule has 0 N–H and O–H groups in total. The predicted molar refractivity (Wildman–Crippen MR) is 114 cm³/mol. The zero-order valence-electron chi connectivity index (χ0n) is 15.8. The Balaban J connectivity index is 1.94. The summed E-state index contributed by atoms with van der Waals surface area (Å²) in [5, 5.41) is 0. The van der Waals surface area contributed by atoms with Crippen molar-refractivity contribution in [1.29, 1.82) is 0 Å². The van der Waals surface area contributed by atoms with E-state index < -0.39 is 0 Å². The maximum atomic E-state index is 11.3. The molecule has 3 aromatic rings. The van der Waals surface area contributed by atoms with Gasteiger partial charge in [0.15, 0.2) is 0 Å². The maximum Gasteiger partial charge on any atom is 0.150 e. The van der Waals surface area contributed by atoms with Crippen LogP contribution in [-0.2, 0) is 0 Å². The van der Waals surface area contributed by atoms with Crippen molar-refractivity contribution in [3.8, 4) is 11.5 Å². The molecule has 0 saturated heterocycles. The summed E-state index contributed by atoms with van der Waals surface area (Å²) in [6.07, 6.45) is 0.892. The van der Waals surface area contributed by atoms with Crippen molar-refractivity contribution in [1.82, 2.24) is 0 Å². The molecule has 0 fully saturated rings. The third-order valence-electron chi connectivity index (χ3n) is 4.88.